The topological polar surface area (TPSA) is 92.4 Å². The van der Waals surface area contributed by atoms with Crippen LogP contribution in [0.3, 0.4) is 0 Å². The number of carbonyl (C=O) groups is 2. The minimum Gasteiger partial charge on any atom is -0.481 e. The molecule has 2 atom stereocenters. The van der Waals surface area contributed by atoms with Crippen LogP contribution in [0.5, 0.6) is 0 Å². The molecule has 0 aliphatic carbocycles. The molecular formula is C11H22N2O3. The van der Waals surface area contributed by atoms with Gasteiger partial charge in [-0.2, -0.15) is 0 Å². The highest BCUT2D eigenvalue weighted by Crippen LogP contribution is 2.04. The highest BCUT2D eigenvalue weighted by atomic mass is 16.4. The monoisotopic (exact) mass is 230 g/mol. The van der Waals surface area contributed by atoms with E-state index in [-0.39, 0.29) is 24.3 Å². The van der Waals surface area contributed by atoms with E-state index in [0.29, 0.717) is 6.42 Å². The van der Waals surface area contributed by atoms with E-state index in [1.807, 2.05) is 20.8 Å². The van der Waals surface area contributed by atoms with Crippen molar-refractivity contribution in [2.24, 2.45) is 11.7 Å². The molecule has 2 unspecified atom stereocenters. The van der Waals surface area contributed by atoms with E-state index in [0.717, 1.165) is 6.42 Å². The summed E-state index contributed by atoms with van der Waals surface area (Å²) < 4.78 is 0. The molecule has 0 radical (unpaired) electrons. The number of carboxylic acids is 1. The zero-order valence-electron chi connectivity index (χ0n) is 10.2. The zero-order chi connectivity index (χ0) is 12.7. The summed E-state index contributed by atoms with van der Waals surface area (Å²) in [4.78, 5) is 22.2. The number of aliphatic carboxylic acids is 1. The highest BCUT2D eigenvalue weighted by molar-refractivity contribution is 5.82. The number of nitrogens with two attached hydrogens (primary N) is 1. The lowest BCUT2D eigenvalue weighted by Gasteiger charge is -2.21. The molecule has 0 saturated carbocycles. The third kappa shape index (κ3) is 5.70. The molecule has 5 nitrogen and oxygen atoms in total. The van der Waals surface area contributed by atoms with Crippen molar-refractivity contribution in [1.82, 2.24) is 5.32 Å². The molecule has 0 spiro atoms. The fourth-order valence-electron chi connectivity index (χ4n) is 1.38. The van der Waals surface area contributed by atoms with E-state index in [1.54, 1.807) is 0 Å². The van der Waals surface area contributed by atoms with Crippen molar-refractivity contribution in [3.8, 4) is 0 Å². The van der Waals surface area contributed by atoms with Crippen LogP contribution < -0.4 is 11.1 Å². The molecule has 1 amide bonds. The lowest BCUT2D eigenvalue weighted by molar-refractivity contribution is -0.137. The number of rotatable bonds is 7. The Hall–Kier alpha value is -1.10. The first-order valence-corrected chi connectivity index (χ1v) is 5.66. The van der Waals surface area contributed by atoms with Crippen LogP contribution in [0.2, 0.25) is 0 Å². The van der Waals surface area contributed by atoms with Crippen LogP contribution in [-0.4, -0.2) is 29.1 Å². The van der Waals surface area contributed by atoms with Crippen LogP contribution in [0.15, 0.2) is 0 Å². The first-order valence-electron chi connectivity index (χ1n) is 5.66. The number of carboxylic acid groups (broad SMARTS) is 1. The number of hydrogen-bond donors (Lipinski definition) is 3. The summed E-state index contributed by atoms with van der Waals surface area (Å²) in [6.45, 7) is 5.66. The molecule has 0 rings (SSSR count). The van der Waals surface area contributed by atoms with Crippen molar-refractivity contribution in [2.45, 2.75) is 52.1 Å². The largest absolute Gasteiger partial charge is 0.481 e. The number of amides is 1. The van der Waals surface area contributed by atoms with Crippen molar-refractivity contribution in [1.29, 1.82) is 0 Å². The molecule has 0 aromatic carbocycles. The van der Waals surface area contributed by atoms with Gasteiger partial charge in [0, 0.05) is 6.04 Å². The highest BCUT2D eigenvalue weighted by Gasteiger charge is 2.21. The maximum absolute atomic E-state index is 11.6. The Balaban J connectivity index is 4.27. The molecule has 0 fully saturated rings. The van der Waals surface area contributed by atoms with Gasteiger partial charge >= 0.3 is 5.97 Å². The van der Waals surface area contributed by atoms with Gasteiger partial charge in [0.25, 0.3) is 0 Å². The van der Waals surface area contributed by atoms with Gasteiger partial charge in [0.1, 0.15) is 0 Å². The van der Waals surface area contributed by atoms with Gasteiger partial charge in [-0.1, -0.05) is 27.2 Å². The molecule has 0 aliphatic rings. The Labute approximate surface area is 96.4 Å². The SMILES string of the molecule is CCCC(CC(=O)O)NC(=O)C(N)C(C)C. The van der Waals surface area contributed by atoms with Crippen molar-refractivity contribution >= 4 is 11.9 Å². The average molecular weight is 230 g/mol. The third-order valence-electron chi connectivity index (χ3n) is 2.43. The Bertz CT molecular complexity index is 241. The quantitative estimate of drug-likeness (QED) is 0.601. The van der Waals surface area contributed by atoms with E-state index in [9.17, 15) is 9.59 Å². The van der Waals surface area contributed by atoms with Crippen molar-refractivity contribution in [3.05, 3.63) is 0 Å². The number of hydrogen-bond acceptors (Lipinski definition) is 3. The van der Waals surface area contributed by atoms with Crippen LogP contribution in [0.25, 0.3) is 0 Å². The molecule has 0 aromatic heterocycles. The average Bonchev–Trinajstić information content (AvgIpc) is 2.15. The zero-order valence-corrected chi connectivity index (χ0v) is 10.2. The van der Waals surface area contributed by atoms with Gasteiger partial charge in [-0.05, 0) is 12.3 Å². The van der Waals surface area contributed by atoms with Gasteiger partial charge in [0.05, 0.1) is 12.5 Å². The summed E-state index contributed by atoms with van der Waals surface area (Å²) in [5, 5.41) is 11.4. The standard InChI is InChI=1S/C11H22N2O3/c1-4-5-8(6-9(14)15)13-11(16)10(12)7(2)3/h7-8,10H,4-6,12H2,1-3H3,(H,13,16)(H,14,15). The number of carbonyl (C=O) groups excluding carboxylic acids is 1. The molecule has 0 bridgehead atoms. The van der Waals surface area contributed by atoms with Crippen LogP contribution >= 0.6 is 0 Å². The van der Waals surface area contributed by atoms with Gasteiger partial charge in [-0.15, -0.1) is 0 Å². The van der Waals surface area contributed by atoms with Crippen molar-refractivity contribution in [2.75, 3.05) is 0 Å². The lowest BCUT2D eigenvalue weighted by Crippen LogP contribution is -2.48. The van der Waals surface area contributed by atoms with Gasteiger partial charge < -0.3 is 16.2 Å². The maximum atomic E-state index is 11.6. The minimum absolute atomic E-state index is 0.0482. The van der Waals surface area contributed by atoms with Crippen molar-refractivity contribution in [3.63, 3.8) is 0 Å². The lowest BCUT2D eigenvalue weighted by atomic mass is 10.0. The van der Waals surface area contributed by atoms with Crippen LogP contribution in [0, 0.1) is 5.92 Å². The van der Waals surface area contributed by atoms with Gasteiger partial charge in [0.15, 0.2) is 0 Å². The van der Waals surface area contributed by atoms with E-state index in [2.05, 4.69) is 5.32 Å². The Morgan fingerprint density at radius 3 is 2.31 bits per heavy atom. The Morgan fingerprint density at radius 2 is 1.94 bits per heavy atom. The molecule has 0 saturated heterocycles. The normalized spacial score (nSPS) is 14.6. The van der Waals surface area contributed by atoms with E-state index in [4.69, 9.17) is 10.8 Å². The molecule has 0 heterocycles. The fraction of sp³-hybridized carbons (Fsp3) is 0.818. The summed E-state index contributed by atoms with van der Waals surface area (Å²) in [5.41, 5.74) is 5.68. The molecule has 94 valence electrons. The van der Waals surface area contributed by atoms with Gasteiger partial charge in [-0.25, -0.2) is 0 Å². The summed E-state index contributed by atoms with van der Waals surface area (Å²) in [5.74, 6) is -1.13. The second kappa shape index (κ2) is 7.22. The summed E-state index contributed by atoms with van der Waals surface area (Å²) >= 11 is 0. The van der Waals surface area contributed by atoms with E-state index < -0.39 is 12.0 Å². The van der Waals surface area contributed by atoms with Gasteiger partial charge in [0.2, 0.25) is 5.91 Å². The maximum Gasteiger partial charge on any atom is 0.305 e. The molecule has 16 heavy (non-hydrogen) atoms. The van der Waals surface area contributed by atoms with Crippen LogP contribution in [0.4, 0.5) is 0 Å². The molecule has 4 N–H and O–H groups in total. The first-order chi connectivity index (χ1) is 7.38. The number of nitrogens with one attached hydrogen (secondary N) is 1. The minimum atomic E-state index is -0.906. The first kappa shape index (κ1) is 14.9. The van der Waals surface area contributed by atoms with Crippen LogP contribution in [-0.2, 0) is 9.59 Å². The summed E-state index contributed by atoms with van der Waals surface area (Å²) in [6, 6.07) is -0.895. The smallest absolute Gasteiger partial charge is 0.305 e. The van der Waals surface area contributed by atoms with Crippen molar-refractivity contribution < 1.29 is 14.7 Å². The van der Waals surface area contributed by atoms with E-state index in [1.165, 1.54) is 0 Å². The summed E-state index contributed by atoms with van der Waals surface area (Å²) in [6.07, 6.45) is 1.43. The Morgan fingerprint density at radius 1 is 1.38 bits per heavy atom. The summed E-state index contributed by atoms with van der Waals surface area (Å²) in [7, 11) is 0. The molecule has 0 aliphatic heterocycles. The molecule has 0 aromatic rings. The molecular weight excluding hydrogens is 208 g/mol. The van der Waals surface area contributed by atoms with E-state index >= 15 is 0 Å². The predicted molar refractivity (Wildman–Crippen MR) is 61.9 cm³/mol. The Kier molecular flexibility index (Phi) is 6.72. The second-order valence-electron chi connectivity index (χ2n) is 4.36. The van der Waals surface area contributed by atoms with Gasteiger partial charge in [-0.3, -0.25) is 9.59 Å². The molecule has 5 heteroatoms. The fourth-order valence-corrected chi connectivity index (χ4v) is 1.38. The predicted octanol–water partition coefficient (Wildman–Crippen LogP) is 0.729. The second-order valence-corrected chi connectivity index (χ2v) is 4.36. The third-order valence-corrected chi connectivity index (χ3v) is 2.43. The van der Waals surface area contributed by atoms with Crippen LogP contribution in [0.1, 0.15) is 40.0 Å².